The molecule has 2 aliphatic heterocycles. The molecule has 3 aromatic heterocycles. The van der Waals surface area contributed by atoms with E-state index in [0.717, 1.165) is 61.7 Å². The molecule has 0 spiro atoms. The number of rotatable bonds is 8. The van der Waals surface area contributed by atoms with Crippen molar-refractivity contribution in [3.8, 4) is 33.9 Å². The molecule has 8 nitrogen and oxygen atoms in total. The fraction of sp³-hybridized carbons (Fsp3) is 0. The van der Waals surface area contributed by atoms with E-state index in [2.05, 4.69) is 152 Å². The van der Waals surface area contributed by atoms with Gasteiger partial charge < -0.3 is 18.8 Å². The first kappa shape index (κ1) is 34.8. The Labute approximate surface area is 333 Å². The van der Waals surface area contributed by atoms with Crippen molar-refractivity contribution >= 4 is 56.1 Å². The van der Waals surface area contributed by atoms with E-state index in [4.69, 9.17) is 14.1 Å². The lowest BCUT2D eigenvalue weighted by Gasteiger charge is -2.42. The van der Waals surface area contributed by atoms with Gasteiger partial charge in [0.2, 0.25) is 0 Å². The second-order valence-corrected chi connectivity index (χ2v) is 14.0. The lowest BCUT2D eigenvalue weighted by atomic mass is 9.58. The summed E-state index contributed by atoms with van der Waals surface area (Å²) in [6.07, 6.45) is 3.59. The third-order valence-corrected chi connectivity index (χ3v) is 10.4. The summed E-state index contributed by atoms with van der Waals surface area (Å²) in [5.74, 6) is 0. The van der Waals surface area contributed by atoms with Crippen LogP contribution in [0.15, 0.2) is 207 Å². The van der Waals surface area contributed by atoms with E-state index in [1.165, 1.54) is 0 Å². The van der Waals surface area contributed by atoms with Gasteiger partial charge in [-0.1, -0.05) is 133 Å². The number of fused-ring (bicyclic) bond motifs is 1. The third kappa shape index (κ3) is 6.80. The van der Waals surface area contributed by atoms with Gasteiger partial charge in [0.1, 0.15) is 0 Å². The number of para-hydroxylation sites is 1. The van der Waals surface area contributed by atoms with Crippen LogP contribution in [0.3, 0.4) is 0 Å². The monoisotopic (exact) mass is 734 g/mol. The van der Waals surface area contributed by atoms with Crippen LogP contribution in [-0.2, 0) is 9.14 Å². The predicted octanol–water partition coefficient (Wildman–Crippen LogP) is 6.63. The first-order chi connectivity index (χ1) is 28.3. The summed E-state index contributed by atoms with van der Waals surface area (Å²) in [5, 5.41) is 0. The van der Waals surface area contributed by atoms with Crippen LogP contribution in [0.2, 0.25) is 0 Å². The largest absolute Gasteiger partial charge is 0.497 e. The number of pyridine rings is 3. The molecule has 57 heavy (non-hydrogen) atoms. The molecule has 2 saturated heterocycles. The van der Waals surface area contributed by atoms with Crippen molar-refractivity contribution in [1.82, 2.24) is 19.8 Å². The lowest BCUT2D eigenvalue weighted by Crippen LogP contribution is -2.71. The fourth-order valence-electron chi connectivity index (χ4n) is 7.76. The van der Waals surface area contributed by atoms with E-state index < -0.39 is 21.4 Å². The maximum atomic E-state index is 7.09. The van der Waals surface area contributed by atoms with Gasteiger partial charge >= 0.3 is 28.3 Å². The van der Waals surface area contributed by atoms with Gasteiger partial charge in [-0.15, -0.1) is 0 Å². The smallest absolute Gasteiger partial charge is 0.454 e. The highest BCUT2D eigenvalue weighted by atomic mass is 16.6. The Balaban J connectivity index is 1.12. The average molecular weight is 734 g/mol. The van der Waals surface area contributed by atoms with Gasteiger partial charge in [0, 0.05) is 23.8 Å². The van der Waals surface area contributed by atoms with Crippen LogP contribution in [0, 0.1) is 0 Å². The van der Waals surface area contributed by atoms with Crippen LogP contribution in [0.4, 0.5) is 11.4 Å². The topological polar surface area (TPSA) is 66.9 Å². The Hall–Kier alpha value is -6.71. The van der Waals surface area contributed by atoms with Gasteiger partial charge in [-0.05, 0) is 88.2 Å². The standard InChI is InChI=1S/C45H34B4N6O2/c1-5-17-37(18-6-1)46-53(40-23-11-4-12-24-40)49-55(47(38-19-7-2-8-20-38)56-48(57-49)39-21-9-3-10-22-39)54(46)41-29-27-35(28-30-41)36-33-44(42-25-13-15-31-50-42)52-45(34-36)43-26-14-16-32-51-43/h1-34H. The number of nitrogens with zero attached hydrogens (tertiary/aromatic N) is 6. The Bertz CT molecular complexity index is 2510. The summed E-state index contributed by atoms with van der Waals surface area (Å²) in [5.41, 5.74) is 10.3. The first-order valence-corrected chi connectivity index (χ1v) is 19.1. The molecule has 0 saturated carbocycles. The summed E-state index contributed by atoms with van der Waals surface area (Å²) in [4.78, 5) is 18.8. The van der Waals surface area contributed by atoms with Crippen molar-refractivity contribution in [3.05, 3.63) is 207 Å². The molecule has 8 aromatic rings. The Kier molecular flexibility index (Phi) is 9.41. The summed E-state index contributed by atoms with van der Waals surface area (Å²) in [7, 11) is -1.64. The summed E-state index contributed by atoms with van der Waals surface area (Å²) >= 11 is 0. The van der Waals surface area contributed by atoms with E-state index in [0.29, 0.717) is 0 Å². The van der Waals surface area contributed by atoms with Gasteiger partial charge in [-0.25, -0.2) is 9.81 Å². The van der Waals surface area contributed by atoms with E-state index in [-0.39, 0.29) is 6.98 Å². The van der Waals surface area contributed by atoms with Crippen molar-refractivity contribution in [1.29, 1.82) is 0 Å². The predicted molar refractivity (Wildman–Crippen MR) is 233 cm³/mol. The molecule has 0 bridgehead atoms. The number of hydrogen-bond donors (Lipinski definition) is 0. The number of aromatic nitrogens is 3. The minimum Gasteiger partial charge on any atom is -0.454 e. The Morgan fingerprint density at radius 2 is 0.947 bits per heavy atom. The maximum Gasteiger partial charge on any atom is 0.497 e. The van der Waals surface area contributed by atoms with Crippen LogP contribution in [0.1, 0.15) is 0 Å². The first-order valence-electron chi connectivity index (χ1n) is 19.1. The Morgan fingerprint density at radius 1 is 0.421 bits per heavy atom. The molecule has 12 heteroatoms. The van der Waals surface area contributed by atoms with E-state index in [1.807, 2.05) is 66.7 Å². The number of hydrazine groups is 1. The molecule has 0 unspecified atom stereocenters. The van der Waals surface area contributed by atoms with E-state index in [1.54, 1.807) is 12.4 Å². The molecule has 0 radical (unpaired) electrons. The minimum atomic E-state index is -0.615. The highest BCUT2D eigenvalue weighted by Gasteiger charge is 2.62. The molecule has 0 N–H and O–H groups in total. The van der Waals surface area contributed by atoms with Gasteiger partial charge in [0.05, 0.1) is 22.8 Å². The molecule has 10 rings (SSSR count). The van der Waals surface area contributed by atoms with Crippen LogP contribution < -0.4 is 26.0 Å². The zero-order valence-electron chi connectivity index (χ0n) is 30.9. The Morgan fingerprint density at radius 3 is 1.51 bits per heavy atom. The van der Waals surface area contributed by atoms with E-state index in [9.17, 15) is 0 Å². The second kappa shape index (κ2) is 15.4. The van der Waals surface area contributed by atoms with Crippen molar-refractivity contribution in [2.75, 3.05) is 9.64 Å². The number of anilines is 2. The highest BCUT2D eigenvalue weighted by molar-refractivity contribution is 7.01. The quantitative estimate of drug-likeness (QED) is 0.161. The molecule has 0 aliphatic carbocycles. The van der Waals surface area contributed by atoms with Crippen LogP contribution >= 0.6 is 0 Å². The van der Waals surface area contributed by atoms with Crippen molar-refractivity contribution in [2.24, 2.45) is 0 Å². The summed E-state index contributed by atoms with van der Waals surface area (Å²) in [6.45, 7) is -0.291. The molecule has 0 atom stereocenters. The van der Waals surface area contributed by atoms with Gasteiger partial charge in [0.15, 0.2) is 0 Å². The molecule has 5 aromatic carbocycles. The van der Waals surface area contributed by atoms with Crippen molar-refractivity contribution in [2.45, 2.75) is 0 Å². The van der Waals surface area contributed by atoms with E-state index >= 15 is 0 Å². The molecular formula is C45H34B4N6O2. The third-order valence-electron chi connectivity index (χ3n) is 10.4. The molecule has 0 amide bonds. The fourth-order valence-corrected chi connectivity index (χ4v) is 7.76. The molecule has 5 heterocycles. The van der Waals surface area contributed by atoms with Crippen molar-refractivity contribution in [3.63, 3.8) is 0 Å². The average Bonchev–Trinajstić information content (AvgIpc) is 3.65. The van der Waals surface area contributed by atoms with Gasteiger partial charge in [0.25, 0.3) is 0 Å². The summed E-state index contributed by atoms with van der Waals surface area (Å²) < 4.78 is 16.5. The van der Waals surface area contributed by atoms with Crippen LogP contribution in [0.5, 0.6) is 0 Å². The SMILES string of the molecule is c1ccc(B2OB(c3ccccc3)N3B(O2)N(c2ccccc2)B(c2ccccc2)N3c2ccc(-c3cc(-c4ccccn4)nc(-c4ccccn4)c3)cc2)cc1. The minimum absolute atomic E-state index is 0.291. The van der Waals surface area contributed by atoms with Crippen LogP contribution in [-0.4, -0.2) is 48.1 Å². The normalized spacial score (nSPS) is 14.2. The lowest BCUT2D eigenvalue weighted by molar-refractivity contribution is 0.360. The zero-order valence-corrected chi connectivity index (χ0v) is 30.9. The van der Waals surface area contributed by atoms with Gasteiger partial charge in [-0.3, -0.25) is 9.97 Å². The van der Waals surface area contributed by atoms with Crippen LogP contribution in [0.25, 0.3) is 33.9 Å². The highest BCUT2D eigenvalue weighted by Crippen LogP contribution is 2.37. The van der Waals surface area contributed by atoms with Gasteiger partial charge in [-0.2, -0.15) is 0 Å². The molecule has 268 valence electrons. The molecule has 2 fully saturated rings. The maximum absolute atomic E-state index is 7.09. The molecule has 2 aliphatic rings. The summed E-state index contributed by atoms with van der Waals surface area (Å²) in [6, 6.07) is 66.4. The van der Waals surface area contributed by atoms with Crippen molar-refractivity contribution < 1.29 is 9.14 Å². The zero-order chi connectivity index (χ0) is 38.0. The number of hydrogen-bond acceptors (Lipinski definition) is 8. The number of benzene rings is 5. The second-order valence-electron chi connectivity index (χ2n) is 14.0. The molecular weight excluding hydrogens is 700 g/mol.